The van der Waals surface area contributed by atoms with E-state index in [1.807, 2.05) is 0 Å². The largest absolute Gasteiger partial charge is 0.466 e. The Labute approximate surface area is 392 Å². The van der Waals surface area contributed by atoms with Gasteiger partial charge in [-0.05, 0) is 57.8 Å². The Hall–Kier alpha value is -1.66. The zero-order valence-electron chi connectivity index (χ0n) is 42.3. The van der Waals surface area contributed by atoms with Crippen LogP contribution in [0.1, 0.15) is 303 Å². The van der Waals surface area contributed by atoms with Gasteiger partial charge in [0, 0.05) is 12.8 Å². The van der Waals surface area contributed by atoms with E-state index in [0.717, 1.165) is 51.4 Å². The van der Waals surface area contributed by atoms with E-state index in [9.17, 15) is 19.8 Å². The maximum atomic E-state index is 12.5. The summed E-state index contributed by atoms with van der Waals surface area (Å²) in [5.74, 6) is -0.0455. The summed E-state index contributed by atoms with van der Waals surface area (Å²) in [6.45, 7) is 4.92. The van der Waals surface area contributed by atoms with Crippen molar-refractivity contribution in [3.05, 3.63) is 24.3 Å². The number of aliphatic hydroxyl groups is 2. The number of carbonyl (C=O) groups is 2. The molecule has 0 rings (SSSR count). The molecule has 1 amide bonds. The first-order valence-corrected chi connectivity index (χ1v) is 28.1. The molecule has 0 heterocycles. The van der Waals surface area contributed by atoms with Crippen molar-refractivity contribution in [3.8, 4) is 0 Å². The van der Waals surface area contributed by atoms with Crippen LogP contribution in [0, 0.1) is 0 Å². The van der Waals surface area contributed by atoms with Gasteiger partial charge in [-0.3, -0.25) is 9.59 Å². The van der Waals surface area contributed by atoms with Crippen molar-refractivity contribution in [2.75, 3.05) is 13.2 Å². The highest BCUT2D eigenvalue weighted by molar-refractivity contribution is 5.76. The third-order valence-electron chi connectivity index (χ3n) is 13.0. The summed E-state index contributed by atoms with van der Waals surface area (Å²) in [7, 11) is 0. The van der Waals surface area contributed by atoms with E-state index in [-0.39, 0.29) is 18.5 Å². The zero-order chi connectivity index (χ0) is 45.8. The lowest BCUT2D eigenvalue weighted by Crippen LogP contribution is -2.45. The van der Waals surface area contributed by atoms with Crippen molar-refractivity contribution in [2.45, 2.75) is 315 Å². The molecule has 2 atom stereocenters. The predicted octanol–water partition coefficient (Wildman–Crippen LogP) is 17.1. The van der Waals surface area contributed by atoms with Crippen LogP contribution in [0.15, 0.2) is 24.3 Å². The average Bonchev–Trinajstić information content (AvgIpc) is 3.28. The Morgan fingerprint density at radius 3 is 1.24 bits per heavy atom. The quantitative estimate of drug-likeness (QED) is 0.0321. The van der Waals surface area contributed by atoms with Crippen molar-refractivity contribution in [2.24, 2.45) is 0 Å². The molecule has 6 nitrogen and oxygen atoms in total. The van der Waals surface area contributed by atoms with Crippen LogP contribution in [-0.2, 0) is 14.3 Å². The second-order valence-electron chi connectivity index (χ2n) is 19.3. The molecule has 0 saturated heterocycles. The van der Waals surface area contributed by atoms with E-state index in [0.29, 0.717) is 25.9 Å². The van der Waals surface area contributed by atoms with Gasteiger partial charge in [0.15, 0.2) is 0 Å². The van der Waals surface area contributed by atoms with E-state index in [1.165, 1.54) is 218 Å². The molecule has 0 spiro atoms. The summed E-state index contributed by atoms with van der Waals surface area (Å²) in [4.78, 5) is 24.5. The van der Waals surface area contributed by atoms with E-state index in [4.69, 9.17) is 4.74 Å². The van der Waals surface area contributed by atoms with Crippen LogP contribution in [0.4, 0.5) is 0 Å². The Morgan fingerprint density at radius 1 is 0.444 bits per heavy atom. The van der Waals surface area contributed by atoms with Gasteiger partial charge >= 0.3 is 5.97 Å². The number of unbranched alkanes of at least 4 members (excludes halogenated alkanes) is 37. The minimum Gasteiger partial charge on any atom is -0.466 e. The second-order valence-corrected chi connectivity index (χ2v) is 19.3. The van der Waals surface area contributed by atoms with Gasteiger partial charge < -0.3 is 20.3 Å². The van der Waals surface area contributed by atoms with Crippen LogP contribution < -0.4 is 5.32 Å². The number of esters is 1. The summed E-state index contributed by atoms with van der Waals surface area (Å²) in [5.41, 5.74) is 0. The molecule has 63 heavy (non-hydrogen) atoms. The molecular weight excluding hydrogens is 779 g/mol. The van der Waals surface area contributed by atoms with E-state index < -0.39 is 12.1 Å². The third kappa shape index (κ3) is 49.6. The standard InChI is InChI=1S/C57H109NO5/c1-3-5-7-9-11-13-15-17-22-27-31-35-39-43-47-51-57(62)63-52-48-44-40-36-32-28-24-21-19-18-20-23-26-30-34-38-42-46-50-56(61)58-54(53-59)55(60)49-45-41-37-33-29-25-16-14-12-10-8-6-4-2/h11,13,17,22,54-55,59-60H,3-10,12,14-16,18-21,23-53H2,1-2H3,(H,58,61)/b13-11-,22-17-. The topological polar surface area (TPSA) is 95.9 Å². The number of aliphatic hydroxyl groups excluding tert-OH is 2. The van der Waals surface area contributed by atoms with Gasteiger partial charge in [0.1, 0.15) is 0 Å². The first-order chi connectivity index (χ1) is 31.0. The summed E-state index contributed by atoms with van der Waals surface area (Å²) in [5, 5.41) is 23.2. The van der Waals surface area contributed by atoms with Gasteiger partial charge in [-0.2, -0.15) is 0 Å². The maximum absolute atomic E-state index is 12.5. The molecule has 6 heteroatoms. The molecule has 3 N–H and O–H groups in total. The molecule has 0 fully saturated rings. The normalized spacial score (nSPS) is 12.8. The van der Waals surface area contributed by atoms with E-state index in [2.05, 4.69) is 43.5 Å². The van der Waals surface area contributed by atoms with Gasteiger partial charge in [-0.15, -0.1) is 0 Å². The number of hydrogen-bond acceptors (Lipinski definition) is 5. The lowest BCUT2D eigenvalue weighted by molar-refractivity contribution is -0.143. The fourth-order valence-corrected chi connectivity index (χ4v) is 8.67. The fraction of sp³-hybridized carbons (Fsp3) is 0.895. The summed E-state index contributed by atoms with van der Waals surface area (Å²) >= 11 is 0. The minimum atomic E-state index is -0.666. The first kappa shape index (κ1) is 61.3. The number of hydrogen-bond donors (Lipinski definition) is 3. The Balaban J connectivity index is 3.40. The molecule has 0 aliphatic carbocycles. The van der Waals surface area contributed by atoms with Crippen molar-refractivity contribution < 1.29 is 24.5 Å². The minimum absolute atomic E-state index is 0.00659. The molecule has 372 valence electrons. The van der Waals surface area contributed by atoms with Crippen LogP contribution in [0.5, 0.6) is 0 Å². The highest BCUT2D eigenvalue weighted by Crippen LogP contribution is 2.17. The molecule has 2 unspecified atom stereocenters. The Bertz CT molecular complexity index is 982. The highest BCUT2D eigenvalue weighted by atomic mass is 16.5. The summed E-state index contributed by atoms with van der Waals surface area (Å²) in [6, 6.07) is -0.544. The molecule has 0 aliphatic rings. The van der Waals surface area contributed by atoms with Gasteiger partial charge in [0.25, 0.3) is 0 Å². The molecule has 0 aromatic carbocycles. The van der Waals surface area contributed by atoms with E-state index >= 15 is 0 Å². The average molecular weight is 889 g/mol. The molecule has 0 radical (unpaired) electrons. The van der Waals surface area contributed by atoms with Crippen molar-refractivity contribution in [1.29, 1.82) is 0 Å². The number of amides is 1. The van der Waals surface area contributed by atoms with Crippen molar-refractivity contribution in [3.63, 3.8) is 0 Å². The van der Waals surface area contributed by atoms with Gasteiger partial charge in [0.05, 0.1) is 25.4 Å². The molecule has 0 aliphatic heterocycles. The number of nitrogens with one attached hydrogen (secondary N) is 1. The van der Waals surface area contributed by atoms with Crippen LogP contribution in [0.3, 0.4) is 0 Å². The highest BCUT2D eigenvalue weighted by Gasteiger charge is 2.20. The van der Waals surface area contributed by atoms with Gasteiger partial charge in [0.2, 0.25) is 5.91 Å². The number of allylic oxidation sites excluding steroid dienone is 4. The first-order valence-electron chi connectivity index (χ1n) is 28.1. The van der Waals surface area contributed by atoms with Crippen molar-refractivity contribution in [1.82, 2.24) is 5.32 Å². The number of rotatable bonds is 52. The molecule has 0 saturated carbocycles. The van der Waals surface area contributed by atoms with Crippen molar-refractivity contribution >= 4 is 11.9 Å². The van der Waals surface area contributed by atoms with Gasteiger partial charge in [-0.25, -0.2) is 0 Å². The molecule has 0 aromatic heterocycles. The summed E-state index contributed by atoms with van der Waals surface area (Å²) in [6.07, 6.45) is 63.0. The van der Waals surface area contributed by atoms with Crippen LogP contribution in [0.2, 0.25) is 0 Å². The van der Waals surface area contributed by atoms with Crippen LogP contribution in [-0.4, -0.2) is 47.4 Å². The Kier molecular flexibility index (Phi) is 51.6. The third-order valence-corrected chi connectivity index (χ3v) is 13.0. The number of carbonyl (C=O) groups excluding carboxylic acids is 2. The Morgan fingerprint density at radius 2 is 0.794 bits per heavy atom. The molecule has 0 bridgehead atoms. The monoisotopic (exact) mass is 888 g/mol. The number of ether oxygens (including phenoxy) is 1. The smallest absolute Gasteiger partial charge is 0.305 e. The fourth-order valence-electron chi connectivity index (χ4n) is 8.67. The zero-order valence-corrected chi connectivity index (χ0v) is 42.3. The van der Waals surface area contributed by atoms with Crippen LogP contribution in [0.25, 0.3) is 0 Å². The second kappa shape index (κ2) is 53.0. The van der Waals surface area contributed by atoms with Crippen LogP contribution >= 0.6 is 0 Å². The molecule has 0 aromatic rings. The SMILES string of the molecule is CCCCC/C=C\C/C=C\CCCCCCCC(=O)OCCCCCCCCCCCCCCCCCCCCC(=O)NC(CO)C(O)CCCCCCCCCCCCCCC. The predicted molar refractivity (Wildman–Crippen MR) is 273 cm³/mol. The summed E-state index contributed by atoms with van der Waals surface area (Å²) < 4.78 is 5.47. The molecular formula is C57H109NO5. The lowest BCUT2D eigenvalue weighted by atomic mass is 10.0. The van der Waals surface area contributed by atoms with E-state index in [1.54, 1.807) is 0 Å². The lowest BCUT2D eigenvalue weighted by Gasteiger charge is -2.22. The van der Waals surface area contributed by atoms with Gasteiger partial charge in [-0.1, -0.05) is 256 Å². The maximum Gasteiger partial charge on any atom is 0.305 e.